The van der Waals surface area contributed by atoms with E-state index in [-0.39, 0.29) is 0 Å². The van der Waals surface area contributed by atoms with Gasteiger partial charge < -0.3 is 13.9 Å². The molecule has 0 aliphatic heterocycles. The zero-order valence-corrected chi connectivity index (χ0v) is 15.9. The molecule has 3 aromatic rings. The lowest BCUT2D eigenvalue weighted by molar-refractivity contribution is -0.133. The Kier molecular flexibility index (Phi) is 6.33. The first-order valence-corrected chi connectivity index (χ1v) is 9.22. The van der Waals surface area contributed by atoms with Crippen molar-refractivity contribution in [2.75, 3.05) is 14.2 Å². The van der Waals surface area contributed by atoms with Crippen LogP contribution in [0.2, 0.25) is 0 Å². The second-order valence-corrected chi connectivity index (χ2v) is 6.65. The number of esters is 1. The first-order chi connectivity index (χ1) is 13.2. The summed E-state index contributed by atoms with van der Waals surface area (Å²) >= 11 is 1.67. The average Bonchev–Trinajstić information content (AvgIpc) is 3.25. The zero-order valence-electron chi connectivity index (χ0n) is 15.0. The Balaban J connectivity index is 1.82. The number of benzene rings is 2. The molecule has 0 atom stereocenters. The van der Waals surface area contributed by atoms with Crippen molar-refractivity contribution < 1.29 is 18.7 Å². The zero-order chi connectivity index (χ0) is 19.1. The third-order valence-electron chi connectivity index (χ3n) is 3.89. The molecule has 0 fully saturated rings. The van der Waals surface area contributed by atoms with E-state index in [1.165, 1.54) is 26.9 Å². The molecule has 1 heterocycles. The predicted molar refractivity (Wildman–Crippen MR) is 105 cm³/mol. The van der Waals surface area contributed by atoms with Gasteiger partial charge in [-0.25, -0.2) is 9.78 Å². The molecule has 0 N–H and O–H groups in total. The van der Waals surface area contributed by atoms with E-state index in [1.807, 2.05) is 42.5 Å². The molecule has 5 nitrogen and oxygen atoms in total. The third kappa shape index (κ3) is 4.60. The number of carbonyl (C=O) groups excluding carboxylic acids is 1. The maximum Gasteiger partial charge on any atom is 0.341 e. The standard InChI is InChI=1S/C21H19NO4S/c1-24-12-19(21(23)25-2)18-9-4-3-6-16(18)13-27-17-8-5-7-15(10-17)20-11-22-14-26-20/h3-12,14H,13H2,1-2H3/b19-12+. The van der Waals surface area contributed by atoms with E-state index in [0.717, 1.165) is 27.3 Å². The number of hydrogen-bond acceptors (Lipinski definition) is 6. The van der Waals surface area contributed by atoms with Crippen molar-refractivity contribution in [3.8, 4) is 11.3 Å². The van der Waals surface area contributed by atoms with Crippen molar-refractivity contribution in [3.05, 3.63) is 78.5 Å². The minimum Gasteiger partial charge on any atom is -0.503 e. The Labute approximate surface area is 162 Å². The van der Waals surface area contributed by atoms with E-state index in [1.54, 1.807) is 18.0 Å². The molecule has 0 spiro atoms. The minimum absolute atomic E-state index is 0.395. The van der Waals surface area contributed by atoms with Gasteiger partial charge in [-0.3, -0.25) is 0 Å². The van der Waals surface area contributed by atoms with E-state index in [4.69, 9.17) is 13.9 Å². The van der Waals surface area contributed by atoms with E-state index < -0.39 is 5.97 Å². The van der Waals surface area contributed by atoms with Crippen LogP contribution in [0.1, 0.15) is 11.1 Å². The van der Waals surface area contributed by atoms with Gasteiger partial charge in [0, 0.05) is 16.2 Å². The fourth-order valence-electron chi connectivity index (χ4n) is 2.62. The molecule has 0 radical (unpaired) electrons. The molecule has 3 rings (SSSR count). The van der Waals surface area contributed by atoms with Crippen LogP contribution >= 0.6 is 11.8 Å². The second-order valence-electron chi connectivity index (χ2n) is 5.60. The van der Waals surface area contributed by atoms with Gasteiger partial charge in [-0.05, 0) is 23.3 Å². The van der Waals surface area contributed by atoms with Gasteiger partial charge in [0.05, 0.1) is 26.7 Å². The lowest BCUT2D eigenvalue weighted by Crippen LogP contribution is -2.06. The predicted octanol–water partition coefficient (Wildman–Crippen LogP) is 4.79. The van der Waals surface area contributed by atoms with Gasteiger partial charge in [-0.1, -0.05) is 36.4 Å². The van der Waals surface area contributed by atoms with Crippen molar-refractivity contribution in [2.45, 2.75) is 10.6 Å². The fraction of sp³-hybridized carbons (Fsp3) is 0.143. The molecule has 0 saturated heterocycles. The first kappa shape index (κ1) is 18.8. The molecule has 2 aromatic carbocycles. The SMILES string of the molecule is CO/C=C(/C(=O)OC)c1ccccc1CSc1cccc(-c2cnco2)c1. The lowest BCUT2D eigenvalue weighted by Gasteiger charge is -2.11. The van der Waals surface area contributed by atoms with Crippen molar-refractivity contribution in [3.63, 3.8) is 0 Å². The number of oxazole rings is 1. The van der Waals surface area contributed by atoms with E-state index in [2.05, 4.69) is 11.1 Å². The molecule has 0 amide bonds. The Morgan fingerprint density at radius 1 is 1.19 bits per heavy atom. The van der Waals surface area contributed by atoms with Gasteiger partial charge in [0.1, 0.15) is 5.57 Å². The summed E-state index contributed by atoms with van der Waals surface area (Å²) < 4.78 is 15.3. The molecule has 0 aliphatic rings. The van der Waals surface area contributed by atoms with Gasteiger partial charge in [0.2, 0.25) is 0 Å². The largest absolute Gasteiger partial charge is 0.503 e. The van der Waals surface area contributed by atoms with Crippen LogP contribution in [0.5, 0.6) is 0 Å². The second kappa shape index (κ2) is 9.09. The summed E-state index contributed by atoms with van der Waals surface area (Å²) in [7, 11) is 2.87. The van der Waals surface area contributed by atoms with E-state index in [9.17, 15) is 4.79 Å². The smallest absolute Gasteiger partial charge is 0.341 e. The summed E-state index contributed by atoms with van der Waals surface area (Å²) in [6.07, 6.45) is 4.53. The van der Waals surface area contributed by atoms with Crippen molar-refractivity contribution in [2.24, 2.45) is 0 Å². The van der Waals surface area contributed by atoms with Crippen LogP contribution in [-0.2, 0) is 20.0 Å². The van der Waals surface area contributed by atoms with Crippen LogP contribution in [0.3, 0.4) is 0 Å². The molecule has 0 aliphatic carbocycles. The van der Waals surface area contributed by atoms with E-state index in [0.29, 0.717) is 11.3 Å². The van der Waals surface area contributed by atoms with Gasteiger partial charge in [0.25, 0.3) is 0 Å². The van der Waals surface area contributed by atoms with Crippen LogP contribution in [0.15, 0.2) is 76.7 Å². The Morgan fingerprint density at radius 2 is 2.04 bits per heavy atom. The van der Waals surface area contributed by atoms with E-state index >= 15 is 0 Å². The average molecular weight is 381 g/mol. The van der Waals surface area contributed by atoms with Gasteiger partial charge in [0.15, 0.2) is 12.2 Å². The number of ether oxygens (including phenoxy) is 2. The van der Waals surface area contributed by atoms with Crippen LogP contribution in [-0.4, -0.2) is 25.2 Å². The molecule has 6 heteroatoms. The van der Waals surface area contributed by atoms with Crippen molar-refractivity contribution in [1.82, 2.24) is 4.98 Å². The minimum atomic E-state index is -0.429. The Bertz CT molecular complexity index is 935. The molecule has 0 bridgehead atoms. The Hall–Kier alpha value is -2.99. The highest BCUT2D eigenvalue weighted by Crippen LogP contribution is 2.30. The monoisotopic (exact) mass is 381 g/mol. The first-order valence-electron chi connectivity index (χ1n) is 8.24. The highest BCUT2D eigenvalue weighted by atomic mass is 32.2. The van der Waals surface area contributed by atoms with Crippen LogP contribution in [0, 0.1) is 0 Å². The third-order valence-corrected chi connectivity index (χ3v) is 4.94. The fourth-order valence-corrected chi connectivity index (χ4v) is 3.58. The highest BCUT2D eigenvalue weighted by Gasteiger charge is 2.16. The maximum atomic E-state index is 12.1. The van der Waals surface area contributed by atoms with Gasteiger partial charge in [-0.15, -0.1) is 11.8 Å². The number of carbonyl (C=O) groups is 1. The lowest BCUT2D eigenvalue weighted by atomic mass is 10.0. The molecule has 0 unspecified atom stereocenters. The van der Waals surface area contributed by atoms with Gasteiger partial charge >= 0.3 is 5.97 Å². The summed E-state index contributed by atoms with van der Waals surface area (Å²) in [4.78, 5) is 17.2. The summed E-state index contributed by atoms with van der Waals surface area (Å²) in [6.45, 7) is 0. The molecular weight excluding hydrogens is 362 g/mol. The number of methoxy groups -OCH3 is 2. The molecule has 138 valence electrons. The maximum absolute atomic E-state index is 12.1. The molecule has 27 heavy (non-hydrogen) atoms. The number of hydrogen-bond donors (Lipinski definition) is 0. The van der Waals surface area contributed by atoms with Crippen LogP contribution < -0.4 is 0 Å². The summed E-state index contributed by atoms with van der Waals surface area (Å²) in [5.41, 5.74) is 3.18. The molecule has 0 saturated carbocycles. The number of thioether (sulfide) groups is 1. The number of rotatable bonds is 7. The van der Waals surface area contributed by atoms with Crippen LogP contribution in [0.4, 0.5) is 0 Å². The summed E-state index contributed by atoms with van der Waals surface area (Å²) in [5, 5.41) is 0. The number of aromatic nitrogens is 1. The normalized spacial score (nSPS) is 11.3. The van der Waals surface area contributed by atoms with Crippen molar-refractivity contribution in [1.29, 1.82) is 0 Å². The Morgan fingerprint density at radius 3 is 2.78 bits per heavy atom. The summed E-state index contributed by atoms with van der Waals surface area (Å²) in [5.74, 6) is 0.990. The number of nitrogens with zero attached hydrogens (tertiary/aromatic N) is 1. The summed E-state index contributed by atoms with van der Waals surface area (Å²) in [6, 6.07) is 15.8. The molecular formula is C21H19NO4S. The topological polar surface area (TPSA) is 61.6 Å². The quantitative estimate of drug-likeness (QED) is 0.254. The van der Waals surface area contributed by atoms with Gasteiger partial charge in [-0.2, -0.15) is 0 Å². The highest BCUT2D eigenvalue weighted by molar-refractivity contribution is 7.98. The molecule has 1 aromatic heterocycles. The van der Waals surface area contributed by atoms with Crippen molar-refractivity contribution >= 4 is 23.3 Å². The van der Waals surface area contributed by atoms with Crippen LogP contribution in [0.25, 0.3) is 16.9 Å².